The predicted molar refractivity (Wildman–Crippen MR) is 64.2 cm³/mol. The molecule has 0 saturated heterocycles. The zero-order chi connectivity index (χ0) is 10.7. The molecule has 0 atom stereocenters. The summed E-state index contributed by atoms with van der Waals surface area (Å²) in [4.78, 5) is 1.16. The molecule has 0 unspecified atom stereocenters. The minimum absolute atomic E-state index is 0.0814. The van der Waals surface area contributed by atoms with Crippen molar-refractivity contribution in [1.29, 1.82) is 0 Å². The van der Waals surface area contributed by atoms with Crippen LogP contribution in [0, 0.1) is 5.41 Å². The lowest BCUT2D eigenvalue weighted by Crippen LogP contribution is -2.32. The predicted octanol–water partition coefficient (Wildman–Crippen LogP) is 3.31. The lowest BCUT2D eigenvalue weighted by molar-refractivity contribution is 0.427. The van der Waals surface area contributed by atoms with Crippen molar-refractivity contribution in [3.63, 3.8) is 0 Å². The van der Waals surface area contributed by atoms with E-state index in [-0.39, 0.29) is 5.54 Å². The van der Waals surface area contributed by atoms with Crippen LogP contribution in [0.2, 0.25) is 0 Å². The van der Waals surface area contributed by atoms with Gasteiger partial charge in [0.25, 0.3) is 0 Å². The molecule has 0 aliphatic heterocycles. The van der Waals surface area contributed by atoms with Crippen LogP contribution in [-0.2, 0) is 0 Å². The molecule has 0 bridgehead atoms. The van der Waals surface area contributed by atoms with Crippen molar-refractivity contribution in [2.24, 2.45) is 11.1 Å². The first-order valence-corrected chi connectivity index (χ1v) is 5.32. The molecular weight excluding hydrogens is 178 g/mol. The summed E-state index contributed by atoms with van der Waals surface area (Å²) in [6.45, 7) is 10.7. The van der Waals surface area contributed by atoms with Gasteiger partial charge in [-0.1, -0.05) is 33.0 Å². The third-order valence-electron chi connectivity index (χ3n) is 1.78. The summed E-state index contributed by atoms with van der Waals surface area (Å²) in [7, 11) is 0. The Morgan fingerprint density at radius 2 is 1.62 bits per heavy atom. The third-order valence-corrected chi connectivity index (χ3v) is 2.12. The summed E-state index contributed by atoms with van der Waals surface area (Å²) in [6.07, 6.45) is 3.00. The van der Waals surface area contributed by atoms with Crippen molar-refractivity contribution in [3.05, 3.63) is 0 Å². The van der Waals surface area contributed by atoms with Gasteiger partial charge in [0.2, 0.25) is 0 Å². The second kappa shape index (κ2) is 4.52. The Morgan fingerprint density at radius 1 is 1.15 bits per heavy atom. The van der Waals surface area contributed by atoms with Crippen molar-refractivity contribution in [3.8, 4) is 0 Å². The molecule has 0 spiro atoms. The van der Waals surface area contributed by atoms with Crippen molar-refractivity contribution in [2.75, 3.05) is 0 Å². The first-order chi connectivity index (χ1) is 5.60. The molecule has 13 heavy (non-hydrogen) atoms. The van der Waals surface area contributed by atoms with E-state index < -0.39 is 0 Å². The molecule has 0 aromatic heterocycles. The highest BCUT2D eigenvalue weighted by Gasteiger charge is 2.16. The molecule has 0 amide bonds. The number of rotatable bonds is 4. The molecule has 78 valence electrons. The van der Waals surface area contributed by atoms with Gasteiger partial charge in [-0.2, -0.15) is 0 Å². The van der Waals surface area contributed by atoms with Crippen LogP contribution in [0.25, 0.3) is 0 Å². The zero-order valence-electron chi connectivity index (χ0n) is 9.61. The highest BCUT2D eigenvalue weighted by Crippen LogP contribution is 2.22. The second-order valence-electron chi connectivity index (χ2n) is 5.76. The Balaban J connectivity index is 3.78. The fraction of sp³-hybridized carbons (Fsp3) is 0.909. The number of nitrogens with two attached hydrogens (primary N) is 1. The van der Waals surface area contributed by atoms with Crippen molar-refractivity contribution in [1.82, 2.24) is 0 Å². The Bertz CT molecular complexity index is 172. The lowest BCUT2D eigenvalue weighted by Gasteiger charge is -2.22. The van der Waals surface area contributed by atoms with Crippen LogP contribution < -0.4 is 5.73 Å². The highest BCUT2D eigenvalue weighted by molar-refractivity contribution is 7.80. The molecule has 0 saturated carbocycles. The van der Waals surface area contributed by atoms with Gasteiger partial charge in [-0.15, -0.1) is 0 Å². The Labute approximate surface area is 88.1 Å². The van der Waals surface area contributed by atoms with Gasteiger partial charge in [0.15, 0.2) is 0 Å². The molecule has 0 heterocycles. The highest BCUT2D eigenvalue weighted by atomic mass is 32.1. The SMILES string of the molecule is CC(C)(C)CC(=S)CCC(C)(C)N. The molecule has 0 rings (SSSR count). The zero-order valence-corrected chi connectivity index (χ0v) is 10.4. The van der Waals surface area contributed by atoms with E-state index in [0.717, 1.165) is 24.1 Å². The third kappa shape index (κ3) is 9.97. The monoisotopic (exact) mass is 201 g/mol. The molecule has 0 aromatic carbocycles. The van der Waals surface area contributed by atoms with Gasteiger partial charge in [-0.25, -0.2) is 0 Å². The quantitative estimate of drug-likeness (QED) is 0.706. The van der Waals surface area contributed by atoms with Gasteiger partial charge >= 0.3 is 0 Å². The second-order valence-corrected chi connectivity index (χ2v) is 6.34. The van der Waals surface area contributed by atoms with E-state index >= 15 is 0 Å². The van der Waals surface area contributed by atoms with Crippen LogP contribution in [0.3, 0.4) is 0 Å². The molecule has 1 nitrogen and oxygen atoms in total. The van der Waals surface area contributed by atoms with Gasteiger partial charge < -0.3 is 5.73 Å². The standard InChI is InChI=1S/C11H23NS/c1-10(2,3)8-9(13)6-7-11(4,5)12/h6-8,12H2,1-5H3. The lowest BCUT2D eigenvalue weighted by atomic mass is 9.88. The molecule has 0 aliphatic carbocycles. The van der Waals surface area contributed by atoms with Crippen molar-refractivity contribution >= 4 is 17.1 Å². The molecule has 0 radical (unpaired) electrons. The van der Waals surface area contributed by atoms with Crippen LogP contribution in [0.5, 0.6) is 0 Å². The Morgan fingerprint density at radius 3 is 1.92 bits per heavy atom. The van der Waals surface area contributed by atoms with Crippen LogP contribution >= 0.6 is 12.2 Å². The summed E-state index contributed by atoms with van der Waals surface area (Å²) >= 11 is 5.31. The molecular formula is C11H23NS. The van der Waals surface area contributed by atoms with E-state index in [1.54, 1.807) is 0 Å². The van der Waals surface area contributed by atoms with E-state index in [4.69, 9.17) is 18.0 Å². The van der Waals surface area contributed by atoms with Crippen LogP contribution in [0.4, 0.5) is 0 Å². The fourth-order valence-corrected chi connectivity index (χ4v) is 1.68. The van der Waals surface area contributed by atoms with Crippen molar-refractivity contribution in [2.45, 2.75) is 59.4 Å². The molecule has 0 aliphatic rings. The van der Waals surface area contributed by atoms with Crippen LogP contribution in [0.15, 0.2) is 0 Å². The molecule has 0 aromatic rings. The molecule has 2 heteroatoms. The first kappa shape index (κ1) is 13.1. The van der Waals surface area contributed by atoms with E-state index in [9.17, 15) is 0 Å². The Hall–Kier alpha value is 0.0500. The maximum atomic E-state index is 5.89. The van der Waals surface area contributed by atoms with Gasteiger partial charge in [0.1, 0.15) is 0 Å². The topological polar surface area (TPSA) is 26.0 Å². The van der Waals surface area contributed by atoms with Crippen LogP contribution in [-0.4, -0.2) is 10.4 Å². The van der Waals surface area contributed by atoms with E-state index in [0.29, 0.717) is 5.41 Å². The van der Waals surface area contributed by atoms with Gasteiger partial charge in [-0.05, 0) is 43.4 Å². The average molecular weight is 201 g/mol. The number of thiocarbonyl (C=S) groups is 1. The smallest absolute Gasteiger partial charge is 0.0100 e. The maximum Gasteiger partial charge on any atom is 0.0100 e. The minimum Gasteiger partial charge on any atom is -0.326 e. The molecule has 0 fully saturated rings. The minimum atomic E-state index is -0.0814. The maximum absolute atomic E-state index is 5.89. The Kier molecular flexibility index (Phi) is 4.53. The fourth-order valence-electron chi connectivity index (χ4n) is 1.14. The first-order valence-electron chi connectivity index (χ1n) is 4.91. The summed E-state index contributed by atoms with van der Waals surface area (Å²) in [6, 6.07) is 0. The molecule has 2 N–H and O–H groups in total. The van der Waals surface area contributed by atoms with E-state index in [1.165, 1.54) is 0 Å². The van der Waals surface area contributed by atoms with Crippen molar-refractivity contribution < 1.29 is 0 Å². The normalized spacial score (nSPS) is 13.1. The largest absolute Gasteiger partial charge is 0.326 e. The summed E-state index contributed by atoms with van der Waals surface area (Å²) in [5.41, 5.74) is 6.12. The number of hydrogen-bond acceptors (Lipinski definition) is 2. The van der Waals surface area contributed by atoms with E-state index in [1.807, 2.05) is 13.8 Å². The summed E-state index contributed by atoms with van der Waals surface area (Å²) in [5.74, 6) is 0. The van der Waals surface area contributed by atoms with E-state index in [2.05, 4.69) is 20.8 Å². The number of hydrogen-bond donors (Lipinski definition) is 1. The van der Waals surface area contributed by atoms with Crippen LogP contribution in [0.1, 0.15) is 53.9 Å². The van der Waals surface area contributed by atoms with Gasteiger partial charge in [-0.3, -0.25) is 0 Å². The summed E-state index contributed by atoms with van der Waals surface area (Å²) in [5, 5.41) is 0. The van der Waals surface area contributed by atoms with Gasteiger partial charge in [0.05, 0.1) is 0 Å². The van der Waals surface area contributed by atoms with Gasteiger partial charge in [0, 0.05) is 5.54 Å². The summed E-state index contributed by atoms with van der Waals surface area (Å²) < 4.78 is 0. The average Bonchev–Trinajstić information content (AvgIpc) is 1.78.